The molecule has 0 spiro atoms. The van der Waals surface area contributed by atoms with E-state index >= 15 is 0 Å². The number of hydrogen-bond donors (Lipinski definition) is 1. The quantitative estimate of drug-likeness (QED) is 0.769. The molecule has 0 bridgehead atoms. The minimum Gasteiger partial charge on any atom is -0.399 e. The van der Waals surface area contributed by atoms with E-state index in [4.69, 9.17) is 10.5 Å². The SMILES string of the molecule is Nc1ccc2c(c1)N(CC1CCCO1)CC2. The van der Waals surface area contributed by atoms with Gasteiger partial charge in [-0.2, -0.15) is 0 Å². The summed E-state index contributed by atoms with van der Waals surface area (Å²) in [5, 5.41) is 0. The van der Waals surface area contributed by atoms with Gasteiger partial charge in [-0.05, 0) is 37.0 Å². The van der Waals surface area contributed by atoms with Gasteiger partial charge in [0.25, 0.3) is 0 Å². The molecule has 86 valence electrons. The van der Waals surface area contributed by atoms with Crippen LogP contribution in [0.1, 0.15) is 18.4 Å². The van der Waals surface area contributed by atoms with Crippen LogP contribution in [0.2, 0.25) is 0 Å². The van der Waals surface area contributed by atoms with Gasteiger partial charge in [0.15, 0.2) is 0 Å². The summed E-state index contributed by atoms with van der Waals surface area (Å²) in [4.78, 5) is 2.42. The van der Waals surface area contributed by atoms with Gasteiger partial charge < -0.3 is 15.4 Å². The molecule has 1 aromatic rings. The molecule has 3 nitrogen and oxygen atoms in total. The van der Waals surface area contributed by atoms with Crippen molar-refractivity contribution in [2.24, 2.45) is 0 Å². The standard InChI is InChI=1S/C13H18N2O/c14-11-4-3-10-5-6-15(13(10)8-11)9-12-2-1-7-16-12/h3-4,8,12H,1-2,5-7,9,14H2. The Hall–Kier alpha value is -1.22. The van der Waals surface area contributed by atoms with Gasteiger partial charge in [0.05, 0.1) is 6.10 Å². The highest BCUT2D eigenvalue weighted by molar-refractivity contribution is 5.64. The first-order valence-electron chi connectivity index (χ1n) is 6.08. The molecular formula is C13H18N2O. The minimum absolute atomic E-state index is 0.424. The molecule has 0 amide bonds. The number of rotatable bonds is 2. The first-order chi connectivity index (χ1) is 7.83. The molecule has 0 radical (unpaired) electrons. The highest BCUT2D eigenvalue weighted by Crippen LogP contribution is 2.30. The third-order valence-corrected chi connectivity index (χ3v) is 3.55. The molecule has 0 saturated carbocycles. The van der Waals surface area contributed by atoms with Crippen LogP contribution in [0.3, 0.4) is 0 Å². The number of nitrogens with two attached hydrogens (primary N) is 1. The van der Waals surface area contributed by atoms with Crippen LogP contribution in [-0.4, -0.2) is 25.8 Å². The van der Waals surface area contributed by atoms with Gasteiger partial charge in [0, 0.05) is 31.1 Å². The summed E-state index contributed by atoms with van der Waals surface area (Å²) in [7, 11) is 0. The Bertz CT molecular complexity index is 386. The molecular weight excluding hydrogens is 200 g/mol. The Kier molecular flexibility index (Phi) is 2.48. The average molecular weight is 218 g/mol. The lowest BCUT2D eigenvalue weighted by atomic mass is 10.1. The molecule has 1 fully saturated rings. The number of fused-ring (bicyclic) bond motifs is 1. The molecule has 1 atom stereocenters. The highest BCUT2D eigenvalue weighted by atomic mass is 16.5. The molecule has 1 aromatic carbocycles. The van der Waals surface area contributed by atoms with Crippen molar-refractivity contribution in [1.82, 2.24) is 0 Å². The second kappa shape index (κ2) is 3.98. The lowest BCUT2D eigenvalue weighted by Crippen LogP contribution is -2.30. The van der Waals surface area contributed by atoms with Crippen molar-refractivity contribution < 1.29 is 4.74 Å². The predicted molar refractivity (Wildman–Crippen MR) is 65.7 cm³/mol. The summed E-state index contributed by atoms with van der Waals surface area (Å²) in [5.41, 5.74) is 9.44. The number of benzene rings is 1. The summed E-state index contributed by atoms with van der Waals surface area (Å²) in [5.74, 6) is 0. The second-order valence-electron chi connectivity index (χ2n) is 4.72. The van der Waals surface area contributed by atoms with E-state index in [2.05, 4.69) is 17.0 Å². The lowest BCUT2D eigenvalue weighted by molar-refractivity contribution is 0.116. The van der Waals surface area contributed by atoms with E-state index in [1.54, 1.807) is 0 Å². The topological polar surface area (TPSA) is 38.5 Å². The monoisotopic (exact) mass is 218 g/mol. The normalized spacial score (nSPS) is 23.8. The van der Waals surface area contributed by atoms with Crippen LogP contribution in [0.25, 0.3) is 0 Å². The van der Waals surface area contributed by atoms with Crippen LogP contribution in [0, 0.1) is 0 Å². The first kappa shape index (κ1) is 9.97. The van der Waals surface area contributed by atoms with Gasteiger partial charge in [0.2, 0.25) is 0 Å². The maximum atomic E-state index is 5.84. The zero-order valence-electron chi connectivity index (χ0n) is 9.48. The number of nitrogen functional groups attached to an aromatic ring is 1. The third-order valence-electron chi connectivity index (χ3n) is 3.55. The van der Waals surface area contributed by atoms with Crippen LogP contribution in [-0.2, 0) is 11.2 Å². The van der Waals surface area contributed by atoms with Crippen LogP contribution >= 0.6 is 0 Å². The summed E-state index contributed by atoms with van der Waals surface area (Å²) < 4.78 is 5.69. The number of ether oxygens (including phenoxy) is 1. The fraction of sp³-hybridized carbons (Fsp3) is 0.538. The highest BCUT2D eigenvalue weighted by Gasteiger charge is 2.24. The summed E-state index contributed by atoms with van der Waals surface area (Å²) in [6.45, 7) is 3.07. The second-order valence-corrected chi connectivity index (χ2v) is 4.72. The van der Waals surface area contributed by atoms with Gasteiger partial charge in [-0.1, -0.05) is 6.07 Å². The Morgan fingerprint density at radius 1 is 1.44 bits per heavy atom. The molecule has 0 aliphatic carbocycles. The summed E-state index contributed by atoms with van der Waals surface area (Å²) in [6.07, 6.45) is 3.98. The van der Waals surface area contributed by atoms with Crippen LogP contribution < -0.4 is 10.6 Å². The number of anilines is 2. The maximum Gasteiger partial charge on any atom is 0.0750 e. The van der Waals surface area contributed by atoms with Crippen LogP contribution in [0.5, 0.6) is 0 Å². The molecule has 2 heterocycles. The lowest BCUT2D eigenvalue weighted by Gasteiger charge is -2.23. The van der Waals surface area contributed by atoms with Crippen molar-refractivity contribution >= 4 is 11.4 Å². The van der Waals surface area contributed by atoms with Crippen molar-refractivity contribution in [1.29, 1.82) is 0 Å². The van der Waals surface area contributed by atoms with E-state index < -0.39 is 0 Å². The van der Waals surface area contributed by atoms with Crippen molar-refractivity contribution in [3.63, 3.8) is 0 Å². The Labute approximate surface area is 96.2 Å². The molecule has 2 aliphatic heterocycles. The zero-order valence-corrected chi connectivity index (χ0v) is 9.48. The largest absolute Gasteiger partial charge is 0.399 e. The summed E-state index contributed by atoms with van der Waals surface area (Å²) in [6, 6.07) is 6.24. The molecule has 3 rings (SSSR count). The average Bonchev–Trinajstić information content (AvgIpc) is 2.90. The molecule has 16 heavy (non-hydrogen) atoms. The van der Waals surface area contributed by atoms with Gasteiger partial charge in [-0.25, -0.2) is 0 Å². The van der Waals surface area contributed by atoms with Crippen LogP contribution in [0.4, 0.5) is 11.4 Å². The van der Waals surface area contributed by atoms with E-state index in [-0.39, 0.29) is 0 Å². The van der Waals surface area contributed by atoms with Gasteiger partial charge in [-0.3, -0.25) is 0 Å². The molecule has 2 aliphatic rings. The number of nitrogens with zero attached hydrogens (tertiary/aromatic N) is 1. The first-order valence-corrected chi connectivity index (χ1v) is 6.08. The molecule has 2 N–H and O–H groups in total. The maximum absolute atomic E-state index is 5.84. The van der Waals surface area contributed by atoms with Gasteiger partial charge >= 0.3 is 0 Å². The fourth-order valence-electron chi connectivity index (χ4n) is 2.69. The van der Waals surface area contributed by atoms with Gasteiger partial charge in [-0.15, -0.1) is 0 Å². The minimum atomic E-state index is 0.424. The Morgan fingerprint density at radius 2 is 2.38 bits per heavy atom. The van der Waals surface area contributed by atoms with E-state index in [0.717, 1.165) is 31.8 Å². The van der Waals surface area contributed by atoms with Crippen LogP contribution in [0.15, 0.2) is 18.2 Å². The van der Waals surface area contributed by atoms with Crippen molar-refractivity contribution in [3.8, 4) is 0 Å². The van der Waals surface area contributed by atoms with Gasteiger partial charge in [0.1, 0.15) is 0 Å². The van der Waals surface area contributed by atoms with E-state index in [1.165, 1.54) is 24.1 Å². The van der Waals surface area contributed by atoms with Crippen molar-refractivity contribution in [3.05, 3.63) is 23.8 Å². The fourth-order valence-corrected chi connectivity index (χ4v) is 2.69. The van der Waals surface area contributed by atoms with E-state index in [9.17, 15) is 0 Å². The summed E-state index contributed by atoms with van der Waals surface area (Å²) >= 11 is 0. The third kappa shape index (κ3) is 1.76. The van der Waals surface area contributed by atoms with Crippen molar-refractivity contribution in [2.45, 2.75) is 25.4 Å². The molecule has 1 saturated heterocycles. The molecule has 3 heteroatoms. The van der Waals surface area contributed by atoms with Crippen molar-refractivity contribution in [2.75, 3.05) is 30.3 Å². The Morgan fingerprint density at radius 3 is 3.19 bits per heavy atom. The molecule has 1 unspecified atom stereocenters. The smallest absolute Gasteiger partial charge is 0.0750 e. The van der Waals surface area contributed by atoms with E-state index in [0.29, 0.717) is 6.10 Å². The Balaban J connectivity index is 1.77. The van der Waals surface area contributed by atoms with E-state index in [1.807, 2.05) is 6.07 Å². The predicted octanol–water partition coefficient (Wildman–Crippen LogP) is 1.81. The molecule has 0 aromatic heterocycles. The zero-order chi connectivity index (χ0) is 11.0. The number of hydrogen-bond acceptors (Lipinski definition) is 3.